The number of anilines is 1. The Balaban J connectivity index is 1.48. The Kier molecular flexibility index (Phi) is 5.10. The van der Waals surface area contributed by atoms with Gasteiger partial charge in [0.25, 0.3) is 5.91 Å². The van der Waals surface area contributed by atoms with Crippen molar-refractivity contribution in [3.8, 4) is 11.5 Å². The van der Waals surface area contributed by atoms with E-state index < -0.39 is 0 Å². The van der Waals surface area contributed by atoms with Gasteiger partial charge in [0.15, 0.2) is 11.5 Å². The van der Waals surface area contributed by atoms with Gasteiger partial charge in [-0.2, -0.15) is 0 Å². The van der Waals surface area contributed by atoms with Crippen molar-refractivity contribution in [2.75, 3.05) is 24.7 Å². The number of hydrogen-bond donors (Lipinski definition) is 0. The van der Waals surface area contributed by atoms with E-state index in [1.54, 1.807) is 11.1 Å². The summed E-state index contributed by atoms with van der Waals surface area (Å²) in [5.74, 6) is 1.15. The minimum atomic E-state index is -0.182. The predicted octanol–water partition coefficient (Wildman–Crippen LogP) is 4.47. The molecule has 4 aromatic rings. The van der Waals surface area contributed by atoms with Gasteiger partial charge in [0.1, 0.15) is 24.6 Å². The van der Waals surface area contributed by atoms with Crippen molar-refractivity contribution >= 4 is 23.3 Å². The number of carbonyl (C=O) groups is 1. The maximum absolute atomic E-state index is 13.5. The summed E-state index contributed by atoms with van der Waals surface area (Å²) in [7, 11) is 0. The van der Waals surface area contributed by atoms with E-state index in [0.29, 0.717) is 37.0 Å². The van der Waals surface area contributed by atoms with Crippen LogP contribution < -0.4 is 14.4 Å². The Hall–Kier alpha value is -4.06. The summed E-state index contributed by atoms with van der Waals surface area (Å²) >= 11 is 0. The number of carbonyl (C=O) groups excluding carboxylic acids is 1. The molecule has 0 bridgehead atoms. The summed E-state index contributed by atoms with van der Waals surface area (Å²) in [4.78, 5) is 19.7. The number of aromatic nitrogens is 2. The molecule has 0 N–H and O–H groups in total. The fourth-order valence-electron chi connectivity index (χ4n) is 3.54. The molecule has 0 atom stereocenters. The molecule has 3 heterocycles. The van der Waals surface area contributed by atoms with Gasteiger partial charge < -0.3 is 18.8 Å². The minimum Gasteiger partial charge on any atom is -0.486 e. The molecular formula is C25H21N3O3. The lowest BCUT2D eigenvalue weighted by Gasteiger charge is -2.24. The van der Waals surface area contributed by atoms with Crippen LogP contribution in [0.3, 0.4) is 0 Å². The number of imidazole rings is 1. The van der Waals surface area contributed by atoms with Crippen LogP contribution in [0.15, 0.2) is 85.2 Å². The molecule has 1 amide bonds. The minimum absolute atomic E-state index is 0.182. The van der Waals surface area contributed by atoms with Crippen LogP contribution in [0.4, 0.5) is 5.69 Å². The molecule has 1 aliphatic heterocycles. The molecule has 0 aliphatic carbocycles. The van der Waals surface area contributed by atoms with E-state index in [9.17, 15) is 4.79 Å². The molecule has 0 fully saturated rings. The number of hydrogen-bond acceptors (Lipinski definition) is 4. The van der Waals surface area contributed by atoms with Gasteiger partial charge in [0, 0.05) is 30.7 Å². The van der Waals surface area contributed by atoms with Crippen LogP contribution in [0, 0.1) is 0 Å². The van der Waals surface area contributed by atoms with Gasteiger partial charge in [-0.3, -0.25) is 4.79 Å². The molecule has 5 rings (SSSR count). The molecule has 2 aromatic carbocycles. The van der Waals surface area contributed by atoms with Gasteiger partial charge in [0.05, 0.1) is 0 Å². The van der Waals surface area contributed by atoms with Gasteiger partial charge in [-0.15, -0.1) is 0 Å². The number of benzene rings is 2. The lowest BCUT2D eigenvalue weighted by atomic mass is 10.2. The van der Waals surface area contributed by atoms with Gasteiger partial charge >= 0.3 is 0 Å². The third kappa shape index (κ3) is 4.00. The molecule has 0 spiro atoms. The van der Waals surface area contributed by atoms with E-state index in [0.717, 1.165) is 16.9 Å². The lowest BCUT2D eigenvalue weighted by molar-refractivity contribution is 0.0985. The molecule has 0 radical (unpaired) electrons. The Morgan fingerprint density at radius 3 is 2.65 bits per heavy atom. The first kappa shape index (κ1) is 18.9. The second-order valence-corrected chi connectivity index (χ2v) is 7.15. The van der Waals surface area contributed by atoms with Crippen molar-refractivity contribution in [1.82, 2.24) is 9.38 Å². The molecule has 6 nitrogen and oxygen atoms in total. The zero-order valence-electron chi connectivity index (χ0n) is 16.8. The van der Waals surface area contributed by atoms with Crippen molar-refractivity contribution in [1.29, 1.82) is 0 Å². The molecular weight excluding hydrogens is 390 g/mol. The summed E-state index contributed by atoms with van der Waals surface area (Å²) in [5.41, 5.74) is 2.91. The Morgan fingerprint density at radius 1 is 1.00 bits per heavy atom. The smallest absolute Gasteiger partial charge is 0.278 e. The SMILES string of the molecule is O=C(c1cn2ccccc2n1)N(C/C=C/c1ccccc1)c1ccc2c(c1)OCCO2. The predicted molar refractivity (Wildman–Crippen MR) is 120 cm³/mol. The van der Waals surface area contributed by atoms with E-state index in [-0.39, 0.29) is 5.91 Å². The first-order valence-corrected chi connectivity index (χ1v) is 10.1. The van der Waals surface area contributed by atoms with Gasteiger partial charge in [-0.25, -0.2) is 4.98 Å². The molecule has 0 saturated carbocycles. The summed E-state index contributed by atoms with van der Waals surface area (Å²) in [6, 6.07) is 21.2. The molecule has 2 aromatic heterocycles. The van der Waals surface area contributed by atoms with Gasteiger partial charge in [0.2, 0.25) is 0 Å². The number of amides is 1. The van der Waals surface area contributed by atoms with Crippen LogP contribution in [0.1, 0.15) is 16.1 Å². The molecule has 0 saturated heterocycles. The normalized spacial score (nSPS) is 12.9. The van der Waals surface area contributed by atoms with Crippen molar-refractivity contribution < 1.29 is 14.3 Å². The average Bonchev–Trinajstić information content (AvgIpc) is 3.26. The maximum Gasteiger partial charge on any atom is 0.278 e. The molecule has 154 valence electrons. The van der Waals surface area contributed by atoms with E-state index in [1.807, 2.05) is 89.5 Å². The van der Waals surface area contributed by atoms with Crippen LogP contribution in [-0.2, 0) is 0 Å². The van der Waals surface area contributed by atoms with Crippen LogP contribution in [-0.4, -0.2) is 35.1 Å². The standard InChI is InChI=1S/C25H21N3O3/c29-25(21-18-27-13-5-4-10-24(27)26-21)28(14-6-9-19-7-2-1-3-8-19)20-11-12-22-23(17-20)31-16-15-30-22/h1-13,17-18H,14-16H2/b9-6+. The van der Waals surface area contributed by atoms with Crippen LogP contribution in [0.5, 0.6) is 11.5 Å². The molecule has 1 aliphatic rings. The first-order chi connectivity index (χ1) is 15.3. The average molecular weight is 411 g/mol. The molecule has 0 unspecified atom stereocenters. The van der Waals surface area contributed by atoms with E-state index in [2.05, 4.69) is 4.98 Å². The number of rotatable bonds is 5. The second kappa shape index (κ2) is 8.36. The lowest BCUT2D eigenvalue weighted by Crippen LogP contribution is -2.31. The Morgan fingerprint density at radius 2 is 1.81 bits per heavy atom. The fraction of sp³-hybridized carbons (Fsp3) is 0.120. The Bertz CT molecular complexity index is 1210. The fourth-order valence-corrected chi connectivity index (χ4v) is 3.54. The third-order valence-corrected chi connectivity index (χ3v) is 5.06. The second-order valence-electron chi connectivity index (χ2n) is 7.15. The summed E-state index contributed by atoms with van der Waals surface area (Å²) in [6.07, 6.45) is 7.61. The monoisotopic (exact) mass is 411 g/mol. The van der Waals surface area contributed by atoms with Crippen molar-refractivity contribution in [3.63, 3.8) is 0 Å². The molecule has 31 heavy (non-hydrogen) atoms. The highest BCUT2D eigenvalue weighted by Crippen LogP contribution is 2.34. The quantitative estimate of drug-likeness (QED) is 0.486. The van der Waals surface area contributed by atoms with Crippen LogP contribution in [0.25, 0.3) is 11.7 Å². The van der Waals surface area contributed by atoms with Gasteiger partial charge in [-0.1, -0.05) is 48.6 Å². The van der Waals surface area contributed by atoms with Crippen LogP contribution >= 0.6 is 0 Å². The van der Waals surface area contributed by atoms with Crippen molar-refractivity contribution in [2.24, 2.45) is 0 Å². The largest absolute Gasteiger partial charge is 0.486 e. The molecule has 6 heteroatoms. The van der Waals surface area contributed by atoms with Gasteiger partial charge in [-0.05, 0) is 29.8 Å². The van der Waals surface area contributed by atoms with E-state index in [4.69, 9.17) is 9.47 Å². The highest BCUT2D eigenvalue weighted by molar-refractivity contribution is 6.05. The number of ether oxygens (including phenoxy) is 2. The van der Waals surface area contributed by atoms with Crippen molar-refractivity contribution in [3.05, 3.63) is 96.5 Å². The first-order valence-electron chi connectivity index (χ1n) is 10.1. The number of nitrogens with zero attached hydrogens (tertiary/aromatic N) is 3. The summed E-state index contributed by atoms with van der Waals surface area (Å²) < 4.78 is 13.2. The number of fused-ring (bicyclic) bond motifs is 2. The van der Waals surface area contributed by atoms with E-state index >= 15 is 0 Å². The Labute approximate surface area is 180 Å². The zero-order valence-corrected chi connectivity index (χ0v) is 16.8. The topological polar surface area (TPSA) is 56.1 Å². The van der Waals surface area contributed by atoms with Crippen molar-refractivity contribution in [2.45, 2.75) is 0 Å². The maximum atomic E-state index is 13.5. The number of pyridine rings is 1. The highest BCUT2D eigenvalue weighted by atomic mass is 16.6. The summed E-state index contributed by atoms with van der Waals surface area (Å²) in [6.45, 7) is 1.40. The van der Waals surface area contributed by atoms with Crippen LogP contribution in [0.2, 0.25) is 0 Å². The zero-order chi connectivity index (χ0) is 21.0. The highest BCUT2D eigenvalue weighted by Gasteiger charge is 2.22. The summed E-state index contributed by atoms with van der Waals surface area (Å²) in [5, 5.41) is 0. The van der Waals surface area contributed by atoms with E-state index in [1.165, 1.54) is 0 Å². The third-order valence-electron chi connectivity index (χ3n) is 5.06.